The number of likely N-dealkylation sites (tertiary alicyclic amines) is 1. The van der Waals surface area contributed by atoms with Crippen LogP contribution >= 0.6 is 0 Å². The average molecular weight is 439 g/mol. The highest BCUT2D eigenvalue weighted by molar-refractivity contribution is 5.92. The van der Waals surface area contributed by atoms with E-state index >= 15 is 0 Å². The lowest BCUT2D eigenvalue weighted by Gasteiger charge is -2.32. The third-order valence-corrected chi connectivity index (χ3v) is 5.83. The predicted octanol–water partition coefficient (Wildman–Crippen LogP) is 4.01. The van der Waals surface area contributed by atoms with Crippen LogP contribution in [0.25, 0.3) is 11.0 Å². The molecule has 1 fully saturated rings. The molecule has 0 amide bonds. The molecule has 4 rings (SSSR count). The molecule has 8 heteroatoms. The molecule has 0 saturated carbocycles. The van der Waals surface area contributed by atoms with E-state index in [1.807, 2.05) is 10.7 Å². The molecule has 2 aromatic carbocycles. The quantitative estimate of drug-likeness (QED) is 0.568. The Morgan fingerprint density at radius 2 is 1.94 bits per heavy atom. The van der Waals surface area contributed by atoms with Gasteiger partial charge in [-0.25, -0.2) is 9.48 Å². The van der Waals surface area contributed by atoms with Crippen LogP contribution in [0.1, 0.15) is 48.7 Å². The standard InChI is InChI=1S/C24H30N4O4/c1-16(2)15-32-23-12-17(4-7-22(23)31-3)14-27-10-8-19(9-11-27)28-21-6-5-18(24(29)30)13-20(21)25-26-28/h4-7,12-13,16,19H,8-11,14-15H2,1-3H3,(H,29,30). The Balaban J connectivity index is 1.39. The molecule has 3 aromatic rings. The van der Waals surface area contributed by atoms with Crippen molar-refractivity contribution in [3.63, 3.8) is 0 Å². The Labute approximate surface area is 187 Å². The van der Waals surface area contributed by atoms with Gasteiger partial charge in [0.05, 0.1) is 30.8 Å². The first-order chi connectivity index (χ1) is 15.4. The van der Waals surface area contributed by atoms with E-state index in [9.17, 15) is 9.90 Å². The molecular weight excluding hydrogens is 408 g/mol. The van der Waals surface area contributed by atoms with Crippen molar-refractivity contribution in [1.82, 2.24) is 19.9 Å². The summed E-state index contributed by atoms with van der Waals surface area (Å²) in [5, 5.41) is 17.7. The summed E-state index contributed by atoms with van der Waals surface area (Å²) in [6.07, 6.45) is 1.93. The van der Waals surface area contributed by atoms with Gasteiger partial charge in [-0.05, 0) is 54.7 Å². The van der Waals surface area contributed by atoms with Crippen molar-refractivity contribution in [2.24, 2.45) is 5.92 Å². The summed E-state index contributed by atoms with van der Waals surface area (Å²) in [5.41, 5.74) is 2.95. The number of aromatic nitrogens is 3. The fourth-order valence-electron chi connectivity index (χ4n) is 4.11. The Hall–Kier alpha value is -3.13. The van der Waals surface area contributed by atoms with Crippen molar-refractivity contribution < 1.29 is 19.4 Å². The van der Waals surface area contributed by atoms with Crippen LogP contribution in [0.2, 0.25) is 0 Å². The number of nitrogens with zero attached hydrogens (tertiary/aromatic N) is 4. The van der Waals surface area contributed by atoms with Crippen LogP contribution in [0.4, 0.5) is 0 Å². The fourth-order valence-corrected chi connectivity index (χ4v) is 4.11. The molecule has 1 saturated heterocycles. The molecule has 1 aliphatic rings. The van der Waals surface area contributed by atoms with Gasteiger partial charge in [0, 0.05) is 19.6 Å². The highest BCUT2D eigenvalue weighted by atomic mass is 16.5. The summed E-state index contributed by atoms with van der Waals surface area (Å²) in [4.78, 5) is 13.6. The minimum Gasteiger partial charge on any atom is -0.493 e. The lowest BCUT2D eigenvalue weighted by atomic mass is 10.0. The van der Waals surface area contributed by atoms with Crippen molar-refractivity contribution in [2.75, 3.05) is 26.8 Å². The SMILES string of the molecule is COc1ccc(CN2CCC(n3nnc4cc(C(=O)O)ccc43)CC2)cc1OCC(C)C. The normalized spacial score (nSPS) is 15.4. The second kappa shape index (κ2) is 9.56. The molecule has 32 heavy (non-hydrogen) atoms. The smallest absolute Gasteiger partial charge is 0.335 e. The largest absolute Gasteiger partial charge is 0.493 e. The maximum absolute atomic E-state index is 11.2. The first kappa shape index (κ1) is 22.1. The number of carboxylic acids is 1. The van der Waals surface area contributed by atoms with Gasteiger partial charge in [0.15, 0.2) is 11.5 Å². The maximum Gasteiger partial charge on any atom is 0.335 e. The van der Waals surface area contributed by atoms with Crippen LogP contribution in [-0.4, -0.2) is 57.8 Å². The Kier molecular flexibility index (Phi) is 6.60. The number of benzene rings is 2. The van der Waals surface area contributed by atoms with Crippen LogP contribution in [0.3, 0.4) is 0 Å². The molecule has 1 N–H and O–H groups in total. The van der Waals surface area contributed by atoms with Crippen LogP contribution in [0.5, 0.6) is 11.5 Å². The number of fused-ring (bicyclic) bond motifs is 1. The molecule has 8 nitrogen and oxygen atoms in total. The van der Waals surface area contributed by atoms with Gasteiger partial charge in [0.25, 0.3) is 0 Å². The van der Waals surface area contributed by atoms with E-state index in [4.69, 9.17) is 9.47 Å². The highest BCUT2D eigenvalue weighted by Crippen LogP contribution is 2.31. The molecule has 0 spiro atoms. The lowest BCUT2D eigenvalue weighted by Crippen LogP contribution is -2.34. The molecular formula is C24H30N4O4. The molecule has 0 aliphatic carbocycles. The van der Waals surface area contributed by atoms with Crippen molar-refractivity contribution in [3.8, 4) is 11.5 Å². The lowest BCUT2D eigenvalue weighted by molar-refractivity contribution is 0.0697. The first-order valence-electron chi connectivity index (χ1n) is 11.0. The topological polar surface area (TPSA) is 89.7 Å². The van der Waals surface area contributed by atoms with E-state index in [0.29, 0.717) is 18.0 Å². The number of aromatic carboxylic acids is 1. The van der Waals surface area contributed by atoms with E-state index in [1.54, 1.807) is 25.3 Å². The average Bonchev–Trinajstić information content (AvgIpc) is 3.21. The van der Waals surface area contributed by atoms with Crippen molar-refractivity contribution in [3.05, 3.63) is 47.5 Å². The summed E-state index contributed by atoms with van der Waals surface area (Å²) in [7, 11) is 1.67. The first-order valence-corrected chi connectivity index (χ1v) is 11.0. The minimum atomic E-state index is -0.953. The number of carboxylic acid groups (broad SMARTS) is 1. The van der Waals surface area contributed by atoms with Crippen molar-refractivity contribution in [2.45, 2.75) is 39.3 Å². The van der Waals surface area contributed by atoms with Gasteiger partial charge in [-0.1, -0.05) is 25.1 Å². The molecule has 170 valence electrons. The summed E-state index contributed by atoms with van der Waals surface area (Å²) < 4.78 is 13.3. The summed E-state index contributed by atoms with van der Waals surface area (Å²) in [6.45, 7) is 7.68. The number of rotatable bonds is 8. The maximum atomic E-state index is 11.2. The zero-order valence-electron chi connectivity index (χ0n) is 18.8. The molecule has 0 atom stereocenters. The van der Waals surface area contributed by atoms with Crippen LogP contribution < -0.4 is 9.47 Å². The highest BCUT2D eigenvalue weighted by Gasteiger charge is 2.23. The van der Waals surface area contributed by atoms with Gasteiger partial charge in [-0.2, -0.15) is 0 Å². The van der Waals surface area contributed by atoms with Crippen LogP contribution in [0.15, 0.2) is 36.4 Å². The van der Waals surface area contributed by atoms with E-state index in [2.05, 4.69) is 41.2 Å². The Morgan fingerprint density at radius 1 is 1.16 bits per heavy atom. The van der Waals surface area contributed by atoms with Gasteiger partial charge in [0.2, 0.25) is 0 Å². The molecule has 1 aromatic heterocycles. The van der Waals surface area contributed by atoms with Crippen LogP contribution in [-0.2, 0) is 6.54 Å². The monoisotopic (exact) mass is 438 g/mol. The van der Waals surface area contributed by atoms with Crippen molar-refractivity contribution >= 4 is 17.0 Å². The third kappa shape index (κ3) is 4.85. The van der Waals surface area contributed by atoms with Gasteiger partial charge in [-0.3, -0.25) is 4.90 Å². The second-order valence-electron chi connectivity index (χ2n) is 8.74. The number of methoxy groups -OCH3 is 1. The zero-order chi connectivity index (χ0) is 22.7. The number of ether oxygens (including phenoxy) is 2. The van der Waals surface area contributed by atoms with Crippen LogP contribution in [0, 0.1) is 5.92 Å². The van der Waals surface area contributed by atoms with E-state index in [1.165, 1.54) is 5.56 Å². The molecule has 0 radical (unpaired) electrons. The Bertz CT molecular complexity index is 1090. The summed E-state index contributed by atoms with van der Waals surface area (Å²) in [5.74, 6) is 1.05. The zero-order valence-corrected chi connectivity index (χ0v) is 18.8. The number of hydrogen-bond acceptors (Lipinski definition) is 6. The van der Waals surface area contributed by atoms with E-state index in [0.717, 1.165) is 49.5 Å². The molecule has 2 heterocycles. The Morgan fingerprint density at radius 3 is 2.62 bits per heavy atom. The minimum absolute atomic E-state index is 0.232. The molecule has 0 unspecified atom stereocenters. The molecule has 0 bridgehead atoms. The van der Waals surface area contributed by atoms with Gasteiger partial charge in [0.1, 0.15) is 5.52 Å². The fraction of sp³-hybridized carbons (Fsp3) is 0.458. The summed E-state index contributed by atoms with van der Waals surface area (Å²) in [6, 6.07) is 11.4. The number of hydrogen-bond donors (Lipinski definition) is 1. The van der Waals surface area contributed by atoms with Gasteiger partial charge >= 0.3 is 5.97 Å². The third-order valence-electron chi connectivity index (χ3n) is 5.83. The van der Waals surface area contributed by atoms with Gasteiger partial charge in [-0.15, -0.1) is 5.10 Å². The van der Waals surface area contributed by atoms with E-state index in [-0.39, 0.29) is 11.6 Å². The van der Waals surface area contributed by atoms with E-state index < -0.39 is 5.97 Å². The second-order valence-corrected chi connectivity index (χ2v) is 8.74. The van der Waals surface area contributed by atoms with Crippen molar-refractivity contribution in [1.29, 1.82) is 0 Å². The predicted molar refractivity (Wildman–Crippen MR) is 121 cm³/mol. The van der Waals surface area contributed by atoms with Gasteiger partial charge < -0.3 is 14.6 Å². The summed E-state index contributed by atoms with van der Waals surface area (Å²) >= 11 is 0. The number of piperidine rings is 1. The molecule has 1 aliphatic heterocycles. The number of carbonyl (C=O) groups is 1.